The minimum atomic E-state index is -1.44. The van der Waals surface area contributed by atoms with E-state index in [2.05, 4.69) is 15.8 Å². The number of carbonyl (C=O) groups is 1. The van der Waals surface area contributed by atoms with Crippen LogP contribution in [0.4, 0.5) is 34.8 Å². The van der Waals surface area contributed by atoms with Gasteiger partial charge in [-0.2, -0.15) is 0 Å². The van der Waals surface area contributed by atoms with E-state index in [9.17, 15) is 13.6 Å². The van der Waals surface area contributed by atoms with Crippen LogP contribution in [-0.4, -0.2) is 16.5 Å². The molecule has 180 valence electrons. The van der Waals surface area contributed by atoms with E-state index in [-0.39, 0.29) is 22.4 Å². The molecule has 1 amide bonds. The predicted octanol–water partition coefficient (Wildman–Crippen LogP) is 5.32. The number of hydrogen-bond acceptors (Lipinski definition) is 5. The second-order valence-electron chi connectivity index (χ2n) is 8.69. The Labute approximate surface area is 194 Å². The zero-order valence-corrected chi connectivity index (χ0v) is 19.0. The zero-order chi connectivity index (χ0) is 25.2. The van der Waals surface area contributed by atoms with Gasteiger partial charge in [0.05, 0.1) is 22.5 Å². The molecule has 0 aliphatic heterocycles. The lowest BCUT2D eigenvalue weighted by molar-refractivity contribution is -0.0589. The topological polar surface area (TPSA) is 89.3 Å². The number of nitrogens with zero attached hydrogens (tertiary/aromatic N) is 1. The quantitative estimate of drug-likeness (QED) is 0.331. The van der Waals surface area contributed by atoms with Crippen LogP contribution in [0.25, 0.3) is 0 Å². The van der Waals surface area contributed by atoms with Crippen LogP contribution in [0.5, 0.6) is 0 Å². The Morgan fingerprint density at radius 3 is 2.38 bits per heavy atom. The maximum atomic E-state index is 15.2. The third-order valence-corrected chi connectivity index (χ3v) is 4.74. The first kappa shape index (κ1) is 25.0. The number of halogens is 4. The minimum absolute atomic E-state index is 0.0478. The molecule has 34 heavy (non-hydrogen) atoms. The van der Waals surface area contributed by atoms with Crippen molar-refractivity contribution in [3.05, 3.63) is 82.1 Å². The molecule has 0 radical (unpaired) electrons. The fraction of sp³-hybridized carbons (Fsp3) is 0.250. The lowest BCUT2D eigenvalue weighted by atomic mass is 9.99. The van der Waals surface area contributed by atoms with Gasteiger partial charge in [-0.1, -0.05) is 6.07 Å². The molecule has 2 aromatic carbocycles. The van der Waals surface area contributed by atoms with Crippen molar-refractivity contribution in [1.29, 1.82) is 0 Å². The van der Waals surface area contributed by atoms with E-state index in [0.29, 0.717) is 5.56 Å². The SMILES string of the molecule is Cc1ccc(Nc2c(C(=O)NOC(C)(C)C)cc(Cc3ccnc(N)c3F)c(F)c2F)c(F)c1. The summed E-state index contributed by atoms with van der Waals surface area (Å²) in [6.07, 6.45) is 0.809. The van der Waals surface area contributed by atoms with E-state index in [1.165, 1.54) is 24.4 Å². The van der Waals surface area contributed by atoms with Crippen LogP contribution >= 0.6 is 0 Å². The highest BCUT2D eigenvalue weighted by molar-refractivity contribution is 6.00. The van der Waals surface area contributed by atoms with Gasteiger partial charge in [0.15, 0.2) is 23.3 Å². The molecule has 0 fully saturated rings. The Hall–Kier alpha value is -3.66. The number of hydroxylamine groups is 1. The first-order valence-corrected chi connectivity index (χ1v) is 10.3. The summed E-state index contributed by atoms with van der Waals surface area (Å²) in [4.78, 5) is 21.7. The number of nitrogens with one attached hydrogen (secondary N) is 2. The average molecular weight is 476 g/mol. The number of anilines is 3. The molecule has 0 atom stereocenters. The lowest BCUT2D eigenvalue weighted by Crippen LogP contribution is -2.34. The van der Waals surface area contributed by atoms with Crippen molar-refractivity contribution in [2.75, 3.05) is 11.1 Å². The van der Waals surface area contributed by atoms with Gasteiger partial charge >= 0.3 is 0 Å². The summed E-state index contributed by atoms with van der Waals surface area (Å²) in [6, 6.07) is 6.40. The second kappa shape index (κ2) is 9.68. The van der Waals surface area contributed by atoms with Gasteiger partial charge in [0.2, 0.25) is 0 Å². The lowest BCUT2D eigenvalue weighted by Gasteiger charge is -2.21. The molecule has 0 saturated carbocycles. The van der Waals surface area contributed by atoms with E-state index in [4.69, 9.17) is 10.6 Å². The first-order chi connectivity index (χ1) is 15.9. The van der Waals surface area contributed by atoms with Crippen LogP contribution in [0.3, 0.4) is 0 Å². The van der Waals surface area contributed by atoms with Crippen molar-refractivity contribution in [1.82, 2.24) is 10.5 Å². The van der Waals surface area contributed by atoms with Gasteiger partial charge in [0, 0.05) is 12.6 Å². The highest BCUT2D eigenvalue weighted by Crippen LogP contribution is 2.32. The van der Waals surface area contributed by atoms with Gasteiger partial charge < -0.3 is 11.1 Å². The number of aryl methyl sites for hydroxylation is 1. The summed E-state index contributed by atoms with van der Waals surface area (Å²) in [7, 11) is 0. The van der Waals surface area contributed by atoms with Crippen molar-refractivity contribution in [3.63, 3.8) is 0 Å². The molecule has 3 rings (SSSR count). The fourth-order valence-corrected chi connectivity index (χ4v) is 3.06. The predicted molar refractivity (Wildman–Crippen MR) is 120 cm³/mol. The van der Waals surface area contributed by atoms with E-state index in [1.807, 2.05) is 0 Å². The third kappa shape index (κ3) is 5.63. The Morgan fingerprint density at radius 1 is 1.03 bits per heavy atom. The van der Waals surface area contributed by atoms with E-state index in [1.54, 1.807) is 33.8 Å². The van der Waals surface area contributed by atoms with Crippen molar-refractivity contribution < 1.29 is 27.2 Å². The van der Waals surface area contributed by atoms with E-state index in [0.717, 1.165) is 6.07 Å². The first-order valence-electron chi connectivity index (χ1n) is 10.3. The molecule has 0 saturated heterocycles. The molecule has 0 aliphatic carbocycles. The summed E-state index contributed by atoms with van der Waals surface area (Å²) in [6.45, 7) is 6.67. The van der Waals surface area contributed by atoms with Crippen LogP contribution in [0.15, 0.2) is 36.5 Å². The summed E-state index contributed by atoms with van der Waals surface area (Å²) in [5.41, 5.74) is 5.94. The maximum absolute atomic E-state index is 15.2. The van der Waals surface area contributed by atoms with Crippen molar-refractivity contribution in [2.24, 2.45) is 0 Å². The molecule has 1 heterocycles. The van der Waals surface area contributed by atoms with Crippen LogP contribution in [-0.2, 0) is 11.3 Å². The molecule has 3 aromatic rings. The van der Waals surface area contributed by atoms with Gasteiger partial charge in [-0.3, -0.25) is 9.63 Å². The third-order valence-electron chi connectivity index (χ3n) is 4.74. The molecule has 0 aliphatic rings. The summed E-state index contributed by atoms with van der Waals surface area (Å²) >= 11 is 0. The number of hydrogen-bond donors (Lipinski definition) is 3. The highest BCUT2D eigenvalue weighted by Gasteiger charge is 2.25. The molecule has 10 heteroatoms. The number of benzene rings is 2. The number of pyridine rings is 1. The van der Waals surface area contributed by atoms with Crippen molar-refractivity contribution in [2.45, 2.75) is 39.7 Å². The average Bonchev–Trinajstić information content (AvgIpc) is 2.75. The van der Waals surface area contributed by atoms with Crippen LogP contribution in [0.2, 0.25) is 0 Å². The molecular weight excluding hydrogens is 452 g/mol. The number of amides is 1. The monoisotopic (exact) mass is 476 g/mol. The van der Waals surface area contributed by atoms with E-state index >= 15 is 8.78 Å². The highest BCUT2D eigenvalue weighted by atomic mass is 19.2. The standard InChI is InChI=1S/C24H24F4N4O2/c1-12-5-6-17(16(25)9-12)31-21-15(23(33)32-34-24(2,3)4)11-14(18(26)20(21)28)10-13-7-8-30-22(29)19(13)27/h5-9,11,31H,10H2,1-4H3,(H2,29,30)(H,32,33). The molecule has 1 aromatic heterocycles. The number of nitrogens with two attached hydrogens (primary N) is 1. The van der Waals surface area contributed by atoms with Crippen LogP contribution < -0.4 is 16.5 Å². The minimum Gasteiger partial charge on any atom is -0.381 e. The summed E-state index contributed by atoms with van der Waals surface area (Å²) < 4.78 is 59.0. The second-order valence-corrected chi connectivity index (χ2v) is 8.69. The van der Waals surface area contributed by atoms with Gasteiger partial charge in [0.1, 0.15) is 5.82 Å². The Morgan fingerprint density at radius 2 is 1.74 bits per heavy atom. The Kier molecular flexibility index (Phi) is 7.11. The molecule has 4 N–H and O–H groups in total. The molecule has 0 bridgehead atoms. The fourth-order valence-electron chi connectivity index (χ4n) is 3.06. The smallest absolute Gasteiger partial charge is 0.277 e. The van der Waals surface area contributed by atoms with Crippen molar-refractivity contribution in [3.8, 4) is 0 Å². The number of rotatable bonds is 6. The van der Waals surface area contributed by atoms with Crippen LogP contribution in [0.1, 0.15) is 47.8 Å². The summed E-state index contributed by atoms with van der Waals surface area (Å²) in [5.74, 6) is -5.70. The largest absolute Gasteiger partial charge is 0.381 e. The normalized spacial score (nSPS) is 11.4. The van der Waals surface area contributed by atoms with Gasteiger partial charge in [-0.25, -0.2) is 28.0 Å². The molecule has 6 nitrogen and oxygen atoms in total. The Bertz CT molecular complexity index is 1240. The van der Waals surface area contributed by atoms with Crippen LogP contribution in [0, 0.1) is 30.2 Å². The Balaban J connectivity index is 2.10. The van der Waals surface area contributed by atoms with Gasteiger partial charge in [-0.05, 0) is 68.7 Å². The zero-order valence-electron chi connectivity index (χ0n) is 19.0. The molecule has 0 unspecified atom stereocenters. The maximum Gasteiger partial charge on any atom is 0.277 e. The number of nitrogen functional groups attached to an aromatic ring is 1. The van der Waals surface area contributed by atoms with E-state index < -0.39 is 52.7 Å². The number of carbonyl (C=O) groups excluding carboxylic acids is 1. The van der Waals surface area contributed by atoms with Gasteiger partial charge in [-0.15, -0.1) is 0 Å². The molecular formula is C24H24F4N4O2. The van der Waals surface area contributed by atoms with Crippen molar-refractivity contribution >= 4 is 23.1 Å². The van der Waals surface area contributed by atoms with Gasteiger partial charge in [0.25, 0.3) is 5.91 Å². The summed E-state index contributed by atoms with van der Waals surface area (Å²) in [5, 5.41) is 2.46. The number of aromatic nitrogens is 1. The molecule has 0 spiro atoms.